The van der Waals surface area contributed by atoms with Crippen LogP contribution >= 0.6 is 0 Å². The van der Waals surface area contributed by atoms with Gasteiger partial charge in [-0.25, -0.2) is 0 Å². The van der Waals surface area contributed by atoms with Crippen molar-refractivity contribution in [2.24, 2.45) is 34.5 Å². The molecule has 0 bridgehead atoms. The third-order valence-corrected chi connectivity index (χ3v) is 8.62. The number of carbonyl (C=O) groups is 3. The molecule has 28 heavy (non-hydrogen) atoms. The van der Waals surface area contributed by atoms with Crippen LogP contribution in [0.2, 0.25) is 0 Å². The summed E-state index contributed by atoms with van der Waals surface area (Å²) in [5.74, 6) is 0.408. The molecule has 0 radical (unpaired) electrons. The lowest BCUT2D eigenvalue weighted by atomic mass is 9.47. The number of aliphatic hydroxyl groups excluding tert-OH is 1. The van der Waals surface area contributed by atoms with E-state index in [-0.39, 0.29) is 46.4 Å². The molecule has 0 unspecified atom stereocenters. The van der Waals surface area contributed by atoms with Crippen molar-refractivity contribution >= 4 is 17.5 Å². The third-order valence-electron chi connectivity index (χ3n) is 8.62. The summed E-state index contributed by atoms with van der Waals surface area (Å²) in [7, 11) is 0. The minimum Gasteiger partial charge on any atom is -0.462 e. The Balaban J connectivity index is 1.63. The van der Waals surface area contributed by atoms with Crippen LogP contribution in [0.5, 0.6) is 0 Å². The van der Waals surface area contributed by atoms with Crippen molar-refractivity contribution in [3.8, 4) is 0 Å². The maximum atomic E-state index is 13.5. The summed E-state index contributed by atoms with van der Waals surface area (Å²) in [6, 6.07) is 0. The highest BCUT2D eigenvalue weighted by Crippen LogP contribution is 2.65. The number of aliphatic hydroxyl groups is 1. The van der Waals surface area contributed by atoms with Crippen molar-refractivity contribution in [3.63, 3.8) is 0 Å². The maximum Gasteiger partial charge on any atom is 0.302 e. The Kier molecular flexibility index (Phi) is 4.80. The number of carbonyl (C=O) groups excluding carboxylic acids is 3. The highest BCUT2D eigenvalue weighted by molar-refractivity contribution is 5.88. The molecular formula is C23H32O5. The number of hydrogen-bond acceptors (Lipinski definition) is 5. The van der Waals surface area contributed by atoms with Crippen molar-refractivity contribution in [1.29, 1.82) is 0 Å². The first-order valence-electron chi connectivity index (χ1n) is 10.7. The summed E-state index contributed by atoms with van der Waals surface area (Å²) in [5.41, 5.74) is 0.815. The predicted octanol–water partition coefficient (Wildman–Crippen LogP) is 3.24. The first-order valence-corrected chi connectivity index (χ1v) is 10.7. The van der Waals surface area contributed by atoms with Gasteiger partial charge in [0.25, 0.3) is 0 Å². The minimum absolute atomic E-state index is 0.00633. The number of allylic oxidation sites excluding steroid dienone is 1. The van der Waals surface area contributed by atoms with Crippen molar-refractivity contribution in [2.45, 2.75) is 71.8 Å². The molecule has 0 amide bonds. The van der Waals surface area contributed by atoms with Gasteiger partial charge in [0, 0.05) is 31.6 Å². The summed E-state index contributed by atoms with van der Waals surface area (Å²) < 4.78 is 5.46. The summed E-state index contributed by atoms with van der Waals surface area (Å²) in [6.07, 6.45) is 7.71. The van der Waals surface area contributed by atoms with Crippen LogP contribution in [0.15, 0.2) is 11.6 Å². The van der Waals surface area contributed by atoms with Crippen LogP contribution in [-0.2, 0) is 19.1 Å². The number of rotatable bonds is 3. The molecule has 7 atom stereocenters. The van der Waals surface area contributed by atoms with Crippen LogP contribution in [0.3, 0.4) is 0 Å². The molecular weight excluding hydrogens is 356 g/mol. The number of ketones is 2. The standard InChI is InChI=1S/C23H32O5/c1-13(25)28-15-8-9-22(2)14(10-15)4-5-16-17-6-7-18(20(27)12-24)23(17,3)11-19(26)21(16)22/h4,15-18,21,24H,5-12H2,1-3H3/t15-,16+,17+,18-,21-,22+,23+/m1/s1. The lowest BCUT2D eigenvalue weighted by Crippen LogP contribution is -2.55. The fraction of sp³-hybridized carbons (Fsp3) is 0.783. The number of hydrogen-bond donors (Lipinski definition) is 1. The number of fused-ring (bicyclic) bond motifs is 5. The van der Waals surface area contributed by atoms with Gasteiger partial charge >= 0.3 is 5.97 Å². The van der Waals surface area contributed by atoms with Crippen LogP contribution in [0, 0.1) is 34.5 Å². The van der Waals surface area contributed by atoms with E-state index in [1.807, 2.05) is 0 Å². The van der Waals surface area contributed by atoms with Crippen LogP contribution in [0.1, 0.15) is 65.7 Å². The molecule has 4 aliphatic carbocycles. The molecule has 0 aromatic carbocycles. The van der Waals surface area contributed by atoms with Gasteiger partial charge in [-0.2, -0.15) is 0 Å². The summed E-state index contributed by atoms with van der Waals surface area (Å²) in [6.45, 7) is 5.37. The summed E-state index contributed by atoms with van der Waals surface area (Å²) in [5, 5.41) is 9.40. The second-order valence-corrected chi connectivity index (χ2v) is 10.0. The molecule has 0 aromatic rings. The van der Waals surface area contributed by atoms with Gasteiger partial charge < -0.3 is 9.84 Å². The van der Waals surface area contributed by atoms with Gasteiger partial charge in [-0.05, 0) is 54.8 Å². The molecule has 0 spiro atoms. The molecule has 4 aliphatic rings. The lowest BCUT2D eigenvalue weighted by molar-refractivity contribution is -0.153. The van der Waals surface area contributed by atoms with Crippen LogP contribution in [0.4, 0.5) is 0 Å². The SMILES string of the molecule is CC(=O)O[C@@H]1CC[C@@]2(C)C(=CC[C@H]3[C@@H]4CC[C@H](C(=O)CO)[C@@]4(C)CC(=O)[C@@H]32)C1. The molecule has 0 heterocycles. The third kappa shape index (κ3) is 2.80. The van der Waals surface area contributed by atoms with E-state index in [4.69, 9.17) is 4.74 Å². The van der Waals surface area contributed by atoms with E-state index < -0.39 is 6.61 Å². The summed E-state index contributed by atoms with van der Waals surface area (Å²) in [4.78, 5) is 37.2. The van der Waals surface area contributed by atoms with Crippen molar-refractivity contribution in [2.75, 3.05) is 6.61 Å². The molecule has 1 N–H and O–H groups in total. The van der Waals surface area contributed by atoms with Gasteiger partial charge in [0.05, 0.1) is 0 Å². The Hall–Kier alpha value is -1.49. The average molecular weight is 389 g/mol. The van der Waals surface area contributed by atoms with E-state index >= 15 is 0 Å². The highest BCUT2D eigenvalue weighted by atomic mass is 16.5. The Morgan fingerprint density at radius 3 is 2.68 bits per heavy atom. The monoisotopic (exact) mass is 388 g/mol. The van der Waals surface area contributed by atoms with E-state index in [2.05, 4.69) is 19.9 Å². The zero-order valence-corrected chi connectivity index (χ0v) is 17.2. The second kappa shape index (κ2) is 6.79. The Labute approximate surface area is 166 Å². The van der Waals surface area contributed by atoms with E-state index in [0.29, 0.717) is 18.1 Å². The number of Topliss-reactive ketones (excluding diaryl/α,β-unsaturated/α-hetero) is 2. The van der Waals surface area contributed by atoms with Gasteiger partial charge in [0.15, 0.2) is 5.78 Å². The van der Waals surface area contributed by atoms with Gasteiger partial charge in [0.1, 0.15) is 18.5 Å². The predicted molar refractivity (Wildman–Crippen MR) is 103 cm³/mol. The highest BCUT2D eigenvalue weighted by Gasteiger charge is 2.62. The summed E-state index contributed by atoms with van der Waals surface area (Å²) >= 11 is 0. The van der Waals surface area contributed by atoms with E-state index in [1.165, 1.54) is 12.5 Å². The first-order chi connectivity index (χ1) is 13.2. The number of ether oxygens (including phenoxy) is 1. The quantitative estimate of drug-likeness (QED) is 0.593. The van der Waals surface area contributed by atoms with Crippen molar-refractivity contribution < 1.29 is 24.2 Å². The molecule has 0 aromatic heterocycles. The zero-order valence-electron chi connectivity index (χ0n) is 17.2. The second-order valence-electron chi connectivity index (χ2n) is 10.0. The molecule has 3 saturated carbocycles. The van der Waals surface area contributed by atoms with Crippen molar-refractivity contribution in [1.82, 2.24) is 0 Å². The smallest absolute Gasteiger partial charge is 0.302 e. The molecule has 3 fully saturated rings. The largest absolute Gasteiger partial charge is 0.462 e. The van der Waals surface area contributed by atoms with Gasteiger partial charge in [0.2, 0.25) is 0 Å². The van der Waals surface area contributed by atoms with E-state index in [1.54, 1.807) is 0 Å². The molecule has 4 rings (SSSR count). The van der Waals surface area contributed by atoms with E-state index in [0.717, 1.165) is 38.5 Å². The van der Waals surface area contributed by atoms with E-state index in [9.17, 15) is 19.5 Å². The molecule has 0 saturated heterocycles. The van der Waals surface area contributed by atoms with Crippen LogP contribution in [-0.4, -0.2) is 35.4 Å². The maximum absolute atomic E-state index is 13.5. The Bertz CT molecular complexity index is 739. The zero-order chi connectivity index (χ0) is 20.3. The Morgan fingerprint density at radius 2 is 2.00 bits per heavy atom. The number of esters is 1. The molecule has 5 nitrogen and oxygen atoms in total. The lowest BCUT2D eigenvalue weighted by Gasteiger charge is -2.56. The van der Waals surface area contributed by atoms with Crippen LogP contribution in [0.25, 0.3) is 0 Å². The first kappa shape index (κ1) is 19.8. The molecule has 0 aliphatic heterocycles. The fourth-order valence-electron chi connectivity index (χ4n) is 7.43. The molecule has 154 valence electrons. The van der Waals surface area contributed by atoms with Crippen molar-refractivity contribution in [3.05, 3.63) is 11.6 Å². The van der Waals surface area contributed by atoms with Gasteiger partial charge in [-0.1, -0.05) is 25.5 Å². The fourth-order valence-corrected chi connectivity index (χ4v) is 7.43. The normalized spacial score (nSPS) is 44.8. The molecule has 5 heteroatoms. The van der Waals surface area contributed by atoms with Crippen LogP contribution < -0.4 is 0 Å². The topological polar surface area (TPSA) is 80.7 Å². The average Bonchev–Trinajstić information content (AvgIpc) is 2.97. The minimum atomic E-state index is -0.422. The van der Waals surface area contributed by atoms with Gasteiger partial charge in [-0.3, -0.25) is 14.4 Å². The van der Waals surface area contributed by atoms with Gasteiger partial charge in [-0.15, -0.1) is 0 Å². The Morgan fingerprint density at radius 1 is 1.25 bits per heavy atom.